The fourth-order valence-corrected chi connectivity index (χ4v) is 3.16. The van der Waals surface area contributed by atoms with Crippen molar-refractivity contribution in [2.45, 2.75) is 25.3 Å². The van der Waals surface area contributed by atoms with Crippen LogP contribution in [-0.2, 0) is 15.1 Å². The zero-order valence-electron chi connectivity index (χ0n) is 13.9. The lowest BCUT2D eigenvalue weighted by molar-refractivity contribution is -0.138. The molecular weight excluding hydrogens is 310 g/mol. The van der Waals surface area contributed by atoms with Crippen molar-refractivity contribution in [3.05, 3.63) is 29.8 Å². The van der Waals surface area contributed by atoms with Crippen LogP contribution in [0.3, 0.4) is 0 Å². The average Bonchev–Trinajstić information content (AvgIpc) is 3.19. The second-order valence-corrected chi connectivity index (χ2v) is 6.26. The van der Waals surface area contributed by atoms with E-state index in [0.717, 1.165) is 17.7 Å². The van der Waals surface area contributed by atoms with Gasteiger partial charge in [-0.15, -0.1) is 0 Å². The molecule has 1 unspecified atom stereocenters. The van der Waals surface area contributed by atoms with Crippen molar-refractivity contribution in [3.63, 3.8) is 0 Å². The van der Waals surface area contributed by atoms with E-state index in [9.17, 15) is 14.4 Å². The maximum absolute atomic E-state index is 12.8. The Balaban J connectivity index is 1.78. The first-order valence-electron chi connectivity index (χ1n) is 8.02. The van der Waals surface area contributed by atoms with Crippen molar-refractivity contribution in [1.29, 1.82) is 0 Å². The van der Waals surface area contributed by atoms with Gasteiger partial charge in [0.2, 0.25) is 5.91 Å². The van der Waals surface area contributed by atoms with E-state index in [-0.39, 0.29) is 12.5 Å². The number of ether oxygens (including phenoxy) is 1. The van der Waals surface area contributed by atoms with Crippen molar-refractivity contribution < 1.29 is 19.1 Å². The van der Waals surface area contributed by atoms with E-state index < -0.39 is 17.5 Å². The van der Waals surface area contributed by atoms with E-state index in [0.29, 0.717) is 24.4 Å². The number of amides is 4. The summed E-state index contributed by atoms with van der Waals surface area (Å²) in [7, 11) is 1.56. The van der Waals surface area contributed by atoms with Crippen molar-refractivity contribution >= 4 is 17.8 Å². The molecule has 1 atom stereocenters. The van der Waals surface area contributed by atoms with Gasteiger partial charge < -0.3 is 15.0 Å². The molecule has 2 saturated heterocycles. The zero-order chi connectivity index (χ0) is 17.3. The third-order valence-corrected chi connectivity index (χ3v) is 4.69. The van der Waals surface area contributed by atoms with Crippen LogP contribution in [0.2, 0.25) is 0 Å². The Kier molecular flexibility index (Phi) is 4.17. The summed E-state index contributed by atoms with van der Waals surface area (Å²) in [4.78, 5) is 40.0. The number of methoxy groups -OCH3 is 1. The van der Waals surface area contributed by atoms with E-state index in [1.165, 1.54) is 0 Å². The number of rotatable bonds is 4. The highest BCUT2D eigenvalue weighted by molar-refractivity contribution is 6.09. The van der Waals surface area contributed by atoms with Gasteiger partial charge in [0.25, 0.3) is 5.91 Å². The molecular formula is C17H21N3O4. The van der Waals surface area contributed by atoms with Gasteiger partial charge in [0.1, 0.15) is 17.8 Å². The highest BCUT2D eigenvalue weighted by Crippen LogP contribution is 2.30. The van der Waals surface area contributed by atoms with Crippen LogP contribution in [0.5, 0.6) is 5.75 Å². The number of nitrogens with zero attached hydrogens (tertiary/aromatic N) is 2. The third-order valence-electron chi connectivity index (χ3n) is 4.69. The maximum Gasteiger partial charge on any atom is 0.325 e. The van der Waals surface area contributed by atoms with Gasteiger partial charge in [-0.3, -0.25) is 14.5 Å². The third kappa shape index (κ3) is 2.70. The van der Waals surface area contributed by atoms with E-state index in [1.54, 1.807) is 43.2 Å². The molecule has 1 aromatic carbocycles. The molecule has 0 saturated carbocycles. The SMILES string of the molecule is COc1ccc(C2(C)NC(=O)N(CC(=O)N3CCCC3)C2=O)cc1. The fraction of sp³-hybridized carbons (Fsp3) is 0.471. The molecule has 4 amide bonds. The molecule has 1 aromatic rings. The molecule has 128 valence electrons. The van der Waals surface area contributed by atoms with Crippen LogP contribution in [-0.4, -0.2) is 54.4 Å². The molecule has 7 nitrogen and oxygen atoms in total. The number of urea groups is 1. The Morgan fingerprint density at radius 3 is 2.42 bits per heavy atom. The predicted octanol–water partition coefficient (Wildman–Crippen LogP) is 1.08. The van der Waals surface area contributed by atoms with Crippen LogP contribution < -0.4 is 10.1 Å². The number of hydrogen-bond donors (Lipinski definition) is 1. The topological polar surface area (TPSA) is 79.0 Å². The van der Waals surface area contributed by atoms with Gasteiger partial charge >= 0.3 is 6.03 Å². The summed E-state index contributed by atoms with van der Waals surface area (Å²) in [6.45, 7) is 2.82. The quantitative estimate of drug-likeness (QED) is 0.838. The number of imide groups is 1. The van der Waals surface area contributed by atoms with Gasteiger partial charge in [-0.05, 0) is 37.5 Å². The van der Waals surface area contributed by atoms with Crippen LogP contribution in [0.25, 0.3) is 0 Å². The van der Waals surface area contributed by atoms with Crippen LogP contribution in [0, 0.1) is 0 Å². The van der Waals surface area contributed by atoms with Crippen molar-refractivity contribution in [2.75, 3.05) is 26.7 Å². The number of nitrogens with one attached hydrogen (secondary N) is 1. The molecule has 2 aliphatic rings. The number of likely N-dealkylation sites (tertiary alicyclic amines) is 1. The minimum atomic E-state index is -1.17. The van der Waals surface area contributed by atoms with Crippen LogP contribution in [0.1, 0.15) is 25.3 Å². The van der Waals surface area contributed by atoms with Crippen LogP contribution in [0.4, 0.5) is 4.79 Å². The lowest BCUT2D eigenvalue weighted by Crippen LogP contribution is -2.43. The lowest BCUT2D eigenvalue weighted by Gasteiger charge is -2.23. The average molecular weight is 331 g/mol. The lowest BCUT2D eigenvalue weighted by atomic mass is 9.92. The Morgan fingerprint density at radius 1 is 1.21 bits per heavy atom. The normalized spacial score (nSPS) is 23.6. The summed E-state index contributed by atoms with van der Waals surface area (Å²) in [6, 6.07) is 6.41. The molecule has 0 aliphatic carbocycles. The minimum Gasteiger partial charge on any atom is -0.497 e. The molecule has 1 N–H and O–H groups in total. The smallest absolute Gasteiger partial charge is 0.325 e. The summed E-state index contributed by atoms with van der Waals surface area (Å²) in [5, 5.41) is 2.71. The largest absolute Gasteiger partial charge is 0.497 e. The molecule has 3 rings (SSSR count). The highest BCUT2D eigenvalue weighted by atomic mass is 16.5. The molecule has 7 heteroatoms. The molecule has 0 radical (unpaired) electrons. The van der Waals surface area contributed by atoms with Gasteiger partial charge in [0.05, 0.1) is 7.11 Å². The van der Waals surface area contributed by atoms with Gasteiger partial charge in [-0.2, -0.15) is 0 Å². The minimum absolute atomic E-state index is 0.185. The summed E-state index contributed by atoms with van der Waals surface area (Å²) in [5.41, 5.74) is -0.521. The first-order chi connectivity index (χ1) is 11.5. The molecule has 24 heavy (non-hydrogen) atoms. The van der Waals surface area contributed by atoms with Crippen molar-refractivity contribution in [2.24, 2.45) is 0 Å². The Bertz CT molecular complexity index is 667. The van der Waals surface area contributed by atoms with E-state index >= 15 is 0 Å². The molecule has 2 fully saturated rings. The Morgan fingerprint density at radius 2 is 1.83 bits per heavy atom. The van der Waals surface area contributed by atoms with E-state index in [1.807, 2.05) is 0 Å². The van der Waals surface area contributed by atoms with Crippen molar-refractivity contribution in [1.82, 2.24) is 15.1 Å². The summed E-state index contributed by atoms with van der Waals surface area (Å²) in [5.74, 6) is 0.0698. The molecule has 0 aromatic heterocycles. The molecule has 0 bridgehead atoms. The molecule has 2 aliphatic heterocycles. The zero-order valence-corrected chi connectivity index (χ0v) is 13.9. The highest BCUT2D eigenvalue weighted by Gasteiger charge is 2.49. The van der Waals surface area contributed by atoms with E-state index in [2.05, 4.69) is 5.32 Å². The van der Waals surface area contributed by atoms with Gasteiger partial charge in [-0.25, -0.2) is 4.79 Å². The summed E-state index contributed by atoms with van der Waals surface area (Å²) < 4.78 is 5.11. The Labute approximate surface area is 140 Å². The van der Waals surface area contributed by atoms with Gasteiger partial charge in [0.15, 0.2) is 0 Å². The van der Waals surface area contributed by atoms with E-state index in [4.69, 9.17) is 4.74 Å². The maximum atomic E-state index is 12.8. The first kappa shape index (κ1) is 16.3. The first-order valence-corrected chi connectivity index (χ1v) is 8.02. The number of hydrogen-bond acceptors (Lipinski definition) is 4. The van der Waals surface area contributed by atoms with Crippen LogP contribution >= 0.6 is 0 Å². The summed E-state index contributed by atoms with van der Waals surface area (Å²) >= 11 is 0. The number of benzene rings is 1. The fourth-order valence-electron chi connectivity index (χ4n) is 3.16. The second-order valence-electron chi connectivity index (χ2n) is 6.26. The Hall–Kier alpha value is -2.57. The van der Waals surface area contributed by atoms with Gasteiger partial charge in [-0.1, -0.05) is 12.1 Å². The number of carbonyl (C=O) groups excluding carboxylic acids is 3. The van der Waals surface area contributed by atoms with Crippen molar-refractivity contribution in [3.8, 4) is 5.75 Å². The molecule has 2 heterocycles. The predicted molar refractivity (Wildman–Crippen MR) is 86.4 cm³/mol. The standard InChI is InChI=1S/C17H21N3O4/c1-17(12-5-7-13(24-2)8-6-12)15(22)20(16(23)18-17)11-14(21)19-9-3-4-10-19/h5-8H,3-4,9-11H2,1-2H3,(H,18,23). The number of carbonyl (C=O) groups is 3. The second kappa shape index (κ2) is 6.14. The summed E-state index contributed by atoms with van der Waals surface area (Å²) in [6.07, 6.45) is 1.94. The molecule has 0 spiro atoms. The van der Waals surface area contributed by atoms with Gasteiger partial charge in [0, 0.05) is 13.1 Å². The van der Waals surface area contributed by atoms with Crippen LogP contribution in [0.15, 0.2) is 24.3 Å². The monoisotopic (exact) mass is 331 g/mol.